The Hall–Kier alpha value is -1.53. The average molecular weight is 306 g/mol. The van der Waals surface area contributed by atoms with Crippen LogP contribution >= 0.6 is 0 Å². The summed E-state index contributed by atoms with van der Waals surface area (Å²) in [7, 11) is -1.82. The Kier molecular flexibility index (Phi) is 3.67. The van der Waals surface area contributed by atoms with Crippen molar-refractivity contribution in [3.8, 4) is 0 Å². The van der Waals surface area contributed by atoms with Crippen LogP contribution in [0, 0.1) is 0 Å². The largest absolute Gasteiger partial charge is 0.416 e. The molecule has 2 N–H and O–H groups in total. The van der Waals surface area contributed by atoms with Gasteiger partial charge in [-0.05, 0) is 55.0 Å². The minimum absolute atomic E-state index is 0.133. The third-order valence-corrected chi connectivity index (χ3v) is 6.04. The average Bonchev–Trinajstić information content (AvgIpc) is 2.93. The molecule has 3 rings (SSSR count). The van der Waals surface area contributed by atoms with Crippen molar-refractivity contribution in [1.29, 1.82) is 0 Å². The Morgan fingerprint density at radius 3 is 2.90 bits per heavy atom. The zero-order valence-corrected chi connectivity index (χ0v) is 12.9. The van der Waals surface area contributed by atoms with Gasteiger partial charge in [-0.3, -0.25) is 0 Å². The minimum Gasteiger partial charge on any atom is -0.330 e. The normalized spacial score (nSPS) is 21.7. The fraction of sp³-hybridized carbons (Fsp3) is 0.467. The van der Waals surface area contributed by atoms with E-state index in [9.17, 15) is 8.42 Å². The summed E-state index contributed by atoms with van der Waals surface area (Å²) in [4.78, 5) is 4.42. The first-order valence-corrected chi connectivity index (χ1v) is 8.71. The summed E-state index contributed by atoms with van der Waals surface area (Å²) in [6.45, 7) is 1.04. The van der Waals surface area contributed by atoms with Gasteiger partial charge in [0.1, 0.15) is 6.21 Å². The number of aryl methyl sites for hydroxylation is 1. The molecular weight excluding hydrogens is 286 g/mol. The first kappa shape index (κ1) is 14.4. The lowest BCUT2D eigenvalue weighted by molar-refractivity contribution is -0.356. The fourth-order valence-corrected chi connectivity index (χ4v) is 4.57. The SMILES string of the molecule is C[N+]1=CCN=C1S(=O)(=O)c1ccc2c(c1)CCC[C@H]2CN. The lowest BCUT2D eigenvalue weighted by Gasteiger charge is -2.24. The standard InChI is InChI=1S/C15H20N3O2S/c1-18-8-7-17-15(18)21(19,20)13-5-6-14-11(9-13)3-2-4-12(14)10-16/h5-6,8-9,12H,2-4,7,10,16H2,1H3/q+1/t12-/m0/s1. The molecule has 1 atom stereocenters. The maximum Gasteiger partial charge on any atom is 0.416 e. The van der Waals surface area contributed by atoms with Gasteiger partial charge < -0.3 is 5.73 Å². The van der Waals surface area contributed by atoms with Gasteiger partial charge >= 0.3 is 5.17 Å². The summed E-state index contributed by atoms with van der Waals surface area (Å²) in [6, 6.07) is 5.43. The number of rotatable bonds is 2. The molecule has 0 bridgehead atoms. The Labute approximate surface area is 125 Å². The summed E-state index contributed by atoms with van der Waals surface area (Å²) in [5.74, 6) is 0.352. The van der Waals surface area contributed by atoms with E-state index in [0.29, 0.717) is 23.9 Å². The van der Waals surface area contributed by atoms with Crippen LogP contribution in [0.15, 0.2) is 28.1 Å². The second kappa shape index (κ2) is 5.35. The number of nitrogens with zero attached hydrogens (tertiary/aromatic N) is 2. The van der Waals surface area contributed by atoms with Crippen LogP contribution in [0.1, 0.15) is 29.9 Å². The van der Waals surface area contributed by atoms with E-state index in [2.05, 4.69) is 4.99 Å². The number of fused-ring (bicyclic) bond motifs is 1. The first-order valence-electron chi connectivity index (χ1n) is 7.22. The number of hydrogen-bond acceptors (Lipinski definition) is 4. The molecule has 0 spiro atoms. The van der Waals surface area contributed by atoms with Gasteiger partial charge in [0, 0.05) is 0 Å². The van der Waals surface area contributed by atoms with Crippen molar-refractivity contribution in [3.05, 3.63) is 29.3 Å². The molecule has 21 heavy (non-hydrogen) atoms. The van der Waals surface area contributed by atoms with Crippen molar-refractivity contribution in [2.24, 2.45) is 10.7 Å². The number of aliphatic imine (C=N–C) groups is 1. The molecule has 1 aliphatic carbocycles. The van der Waals surface area contributed by atoms with Gasteiger partial charge in [-0.2, -0.15) is 0 Å². The van der Waals surface area contributed by atoms with Gasteiger partial charge in [0.15, 0.2) is 6.54 Å². The predicted octanol–water partition coefficient (Wildman–Crippen LogP) is 0.922. The molecule has 2 aliphatic rings. The predicted molar refractivity (Wildman–Crippen MR) is 82.9 cm³/mol. The summed E-state index contributed by atoms with van der Waals surface area (Å²) in [5.41, 5.74) is 8.13. The van der Waals surface area contributed by atoms with E-state index in [1.165, 1.54) is 5.56 Å². The lowest BCUT2D eigenvalue weighted by atomic mass is 9.83. The maximum atomic E-state index is 12.7. The molecule has 1 aromatic carbocycles. The van der Waals surface area contributed by atoms with Crippen molar-refractivity contribution in [3.63, 3.8) is 0 Å². The molecule has 6 heteroatoms. The van der Waals surface area contributed by atoms with E-state index in [-0.39, 0.29) is 5.17 Å². The van der Waals surface area contributed by atoms with Gasteiger partial charge in [-0.25, -0.2) is 13.0 Å². The Morgan fingerprint density at radius 1 is 1.43 bits per heavy atom. The Bertz CT molecular complexity index is 735. The van der Waals surface area contributed by atoms with Crippen molar-refractivity contribution in [1.82, 2.24) is 0 Å². The van der Waals surface area contributed by atoms with Crippen LogP contribution in [0.5, 0.6) is 0 Å². The molecule has 5 nitrogen and oxygen atoms in total. The van der Waals surface area contributed by atoms with E-state index in [1.54, 1.807) is 30.0 Å². The monoisotopic (exact) mass is 306 g/mol. The zero-order chi connectivity index (χ0) is 15.0. The molecule has 0 unspecified atom stereocenters. The van der Waals surface area contributed by atoms with Crippen LogP contribution in [-0.4, -0.2) is 44.5 Å². The second-order valence-corrected chi connectivity index (χ2v) is 7.45. The third kappa shape index (κ3) is 2.42. The van der Waals surface area contributed by atoms with E-state index < -0.39 is 9.84 Å². The van der Waals surface area contributed by atoms with Crippen molar-refractivity contribution < 1.29 is 13.0 Å². The zero-order valence-electron chi connectivity index (χ0n) is 12.1. The summed E-state index contributed by atoms with van der Waals surface area (Å²) in [6.07, 6.45) is 4.83. The van der Waals surface area contributed by atoms with Gasteiger partial charge in [0.05, 0.1) is 11.9 Å². The second-order valence-electron chi connectivity index (χ2n) is 5.61. The van der Waals surface area contributed by atoms with Crippen molar-refractivity contribution in [2.75, 3.05) is 20.1 Å². The number of sulfone groups is 1. The highest BCUT2D eigenvalue weighted by molar-refractivity contribution is 8.05. The van der Waals surface area contributed by atoms with Gasteiger partial charge in [0.2, 0.25) is 0 Å². The van der Waals surface area contributed by atoms with Crippen LogP contribution < -0.4 is 5.73 Å². The Morgan fingerprint density at radius 2 is 2.24 bits per heavy atom. The van der Waals surface area contributed by atoms with Crippen LogP contribution in [0.2, 0.25) is 0 Å². The lowest BCUT2D eigenvalue weighted by Crippen LogP contribution is -2.24. The molecule has 0 amide bonds. The quantitative estimate of drug-likeness (QED) is 0.826. The highest BCUT2D eigenvalue weighted by Crippen LogP contribution is 2.32. The molecule has 0 radical (unpaired) electrons. The number of benzene rings is 1. The minimum atomic E-state index is -3.53. The van der Waals surface area contributed by atoms with Gasteiger partial charge in [-0.1, -0.05) is 11.1 Å². The summed E-state index contributed by atoms with van der Waals surface area (Å²) < 4.78 is 26.9. The van der Waals surface area contributed by atoms with E-state index in [0.717, 1.165) is 24.8 Å². The number of amidine groups is 1. The molecular formula is C15H20N3O2S+. The first-order chi connectivity index (χ1) is 10.0. The van der Waals surface area contributed by atoms with Crippen LogP contribution in [0.3, 0.4) is 0 Å². The molecule has 0 aromatic heterocycles. The summed E-state index contributed by atoms with van der Waals surface area (Å²) >= 11 is 0. The van der Waals surface area contributed by atoms with E-state index >= 15 is 0 Å². The number of hydrogen-bond donors (Lipinski definition) is 1. The number of nitrogens with two attached hydrogens (primary N) is 1. The van der Waals surface area contributed by atoms with Crippen LogP contribution in [0.4, 0.5) is 0 Å². The molecule has 0 saturated heterocycles. The Balaban J connectivity index is 2.03. The third-order valence-electron chi connectivity index (χ3n) is 4.27. The molecule has 0 fully saturated rings. The highest BCUT2D eigenvalue weighted by atomic mass is 32.2. The molecule has 1 aliphatic heterocycles. The topological polar surface area (TPSA) is 75.5 Å². The van der Waals surface area contributed by atoms with Gasteiger partial charge in [-0.15, -0.1) is 0 Å². The van der Waals surface area contributed by atoms with E-state index in [1.807, 2.05) is 6.07 Å². The fourth-order valence-electron chi connectivity index (χ4n) is 3.11. The van der Waals surface area contributed by atoms with E-state index in [4.69, 9.17) is 5.73 Å². The molecule has 1 heterocycles. The smallest absolute Gasteiger partial charge is 0.330 e. The molecule has 0 saturated carbocycles. The molecule has 1 aromatic rings. The van der Waals surface area contributed by atoms with Crippen LogP contribution in [-0.2, 0) is 16.3 Å². The van der Waals surface area contributed by atoms with Crippen molar-refractivity contribution >= 4 is 21.2 Å². The maximum absolute atomic E-state index is 12.7. The van der Waals surface area contributed by atoms with Crippen LogP contribution in [0.25, 0.3) is 0 Å². The highest BCUT2D eigenvalue weighted by Gasteiger charge is 2.35. The summed E-state index contributed by atoms with van der Waals surface area (Å²) in [5, 5.41) is 0.133. The van der Waals surface area contributed by atoms with Crippen molar-refractivity contribution in [2.45, 2.75) is 30.1 Å². The van der Waals surface area contributed by atoms with Gasteiger partial charge in [0.25, 0.3) is 9.84 Å². The molecule has 112 valence electrons.